The second-order valence-corrected chi connectivity index (χ2v) is 6.40. The van der Waals surface area contributed by atoms with E-state index in [1.807, 2.05) is 0 Å². The number of aromatic nitrogens is 1. The first-order valence-corrected chi connectivity index (χ1v) is 7.44. The minimum atomic E-state index is 0.122. The third kappa shape index (κ3) is 3.84. The molecule has 0 unspecified atom stereocenters. The van der Waals surface area contributed by atoms with Crippen molar-refractivity contribution in [3.63, 3.8) is 0 Å². The van der Waals surface area contributed by atoms with Crippen LogP contribution in [0.4, 0.5) is 0 Å². The number of fused-ring (bicyclic) bond motifs is 1. The lowest BCUT2D eigenvalue weighted by molar-refractivity contribution is 0.281. The van der Waals surface area contributed by atoms with Gasteiger partial charge in [0.25, 0.3) is 0 Å². The van der Waals surface area contributed by atoms with Gasteiger partial charge >= 0.3 is 0 Å². The number of nitrogens with one attached hydrogen (secondary N) is 1. The second-order valence-electron chi connectivity index (χ2n) is 6.40. The highest BCUT2D eigenvalue weighted by Gasteiger charge is 2.11. The van der Waals surface area contributed by atoms with E-state index in [9.17, 15) is 0 Å². The second kappa shape index (κ2) is 6.42. The minimum Gasteiger partial charge on any atom is -0.396 e. The van der Waals surface area contributed by atoms with Gasteiger partial charge in [-0.05, 0) is 50.6 Å². The van der Waals surface area contributed by atoms with E-state index in [0.717, 1.165) is 25.9 Å². The monoisotopic (exact) mass is 274 g/mol. The van der Waals surface area contributed by atoms with Crippen LogP contribution in [-0.4, -0.2) is 21.8 Å². The van der Waals surface area contributed by atoms with Gasteiger partial charge in [-0.3, -0.25) is 0 Å². The summed E-state index contributed by atoms with van der Waals surface area (Å²) in [5.41, 5.74) is 2.78. The normalized spacial score (nSPS) is 12.2. The van der Waals surface area contributed by atoms with E-state index in [1.165, 1.54) is 16.5 Å². The quantitative estimate of drug-likeness (QED) is 0.793. The molecular weight excluding hydrogens is 248 g/mol. The van der Waals surface area contributed by atoms with Crippen LogP contribution in [0.3, 0.4) is 0 Å². The van der Waals surface area contributed by atoms with E-state index >= 15 is 0 Å². The fourth-order valence-corrected chi connectivity index (χ4v) is 2.42. The van der Waals surface area contributed by atoms with Crippen LogP contribution in [0.25, 0.3) is 10.9 Å². The molecule has 0 fully saturated rings. The summed E-state index contributed by atoms with van der Waals surface area (Å²) in [6.45, 7) is 8.69. The van der Waals surface area contributed by atoms with E-state index < -0.39 is 0 Å². The number of aryl methyl sites for hydroxylation is 1. The maximum Gasteiger partial charge on any atom is 0.0525 e. The molecule has 20 heavy (non-hydrogen) atoms. The number of rotatable bonds is 6. The number of aliphatic hydroxyl groups is 1. The van der Waals surface area contributed by atoms with Crippen LogP contribution in [0.15, 0.2) is 30.5 Å². The van der Waals surface area contributed by atoms with Crippen molar-refractivity contribution >= 4 is 10.9 Å². The Morgan fingerprint density at radius 3 is 2.65 bits per heavy atom. The molecule has 0 aliphatic carbocycles. The summed E-state index contributed by atoms with van der Waals surface area (Å²) in [5.74, 6) is 0. The predicted molar refractivity (Wildman–Crippen MR) is 84.9 cm³/mol. The van der Waals surface area contributed by atoms with Crippen molar-refractivity contribution in [1.29, 1.82) is 0 Å². The van der Waals surface area contributed by atoms with Gasteiger partial charge in [0, 0.05) is 31.4 Å². The predicted octanol–water partition coefficient (Wildman–Crippen LogP) is 3.30. The number of benzene rings is 1. The maximum atomic E-state index is 8.92. The summed E-state index contributed by atoms with van der Waals surface area (Å²) in [5, 5.41) is 13.8. The molecule has 0 saturated heterocycles. The molecule has 2 aromatic rings. The molecule has 0 atom stereocenters. The van der Waals surface area contributed by atoms with Gasteiger partial charge in [0.1, 0.15) is 0 Å². The number of aliphatic hydroxyl groups excluding tert-OH is 1. The van der Waals surface area contributed by atoms with E-state index in [1.54, 1.807) is 0 Å². The van der Waals surface area contributed by atoms with Crippen molar-refractivity contribution in [2.24, 2.45) is 0 Å². The molecule has 1 aromatic carbocycles. The van der Waals surface area contributed by atoms with Crippen LogP contribution in [-0.2, 0) is 13.1 Å². The van der Waals surface area contributed by atoms with Crippen molar-refractivity contribution in [2.75, 3.05) is 6.61 Å². The molecule has 0 aliphatic rings. The van der Waals surface area contributed by atoms with Crippen molar-refractivity contribution in [3.8, 4) is 0 Å². The van der Waals surface area contributed by atoms with Crippen LogP contribution >= 0.6 is 0 Å². The van der Waals surface area contributed by atoms with Crippen LogP contribution in [0.5, 0.6) is 0 Å². The van der Waals surface area contributed by atoms with Crippen LogP contribution in [0.1, 0.15) is 39.2 Å². The number of hydrogen-bond acceptors (Lipinski definition) is 2. The molecular formula is C17H26N2O. The van der Waals surface area contributed by atoms with Crippen LogP contribution < -0.4 is 5.32 Å². The first kappa shape index (κ1) is 15.1. The largest absolute Gasteiger partial charge is 0.396 e. The molecule has 0 saturated carbocycles. The zero-order valence-corrected chi connectivity index (χ0v) is 12.8. The van der Waals surface area contributed by atoms with Crippen LogP contribution in [0, 0.1) is 0 Å². The Bertz CT molecular complexity index is 552. The highest BCUT2D eigenvalue weighted by Crippen LogP contribution is 2.21. The zero-order valence-electron chi connectivity index (χ0n) is 12.8. The molecule has 0 spiro atoms. The smallest absolute Gasteiger partial charge is 0.0525 e. The number of nitrogens with zero attached hydrogens (tertiary/aromatic N) is 1. The van der Waals surface area contributed by atoms with E-state index in [4.69, 9.17) is 5.11 Å². The Morgan fingerprint density at radius 2 is 1.95 bits per heavy atom. The fraction of sp³-hybridized carbons (Fsp3) is 0.529. The molecule has 2 rings (SSSR count). The number of para-hydroxylation sites is 1. The summed E-state index contributed by atoms with van der Waals surface area (Å²) in [4.78, 5) is 0. The van der Waals surface area contributed by atoms with Crippen molar-refractivity contribution in [2.45, 2.75) is 52.2 Å². The third-order valence-electron chi connectivity index (χ3n) is 3.49. The molecule has 0 aliphatic heterocycles. The van der Waals surface area contributed by atoms with Gasteiger partial charge in [0.05, 0.1) is 5.52 Å². The highest BCUT2D eigenvalue weighted by molar-refractivity contribution is 5.83. The molecule has 3 nitrogen and oxygen atoms in total. The van der Waals surface area contributed by atoms with Crippen LogP contribution in [0.2, 0.25) is 0 Å². The van der Waals surface area contributed by atoms with E-state index in [2.05, 4.69) is 61.1 Å². The molecule has 0 amide bonds. The molecule has 1 heterocycles. The lowest BCUT2D eigenvalue weighted by Crippen LogP contribution is -2.35. The van der Waals surface area contributed by atoms with E-state index in [-0.39, 0.29) is 12.1 Å². The SMILES string of the molecule is CC(C)(C)NCc1cccc2ccn(CCCCO)c12. The highest BCUT2D eigenvalue weighted by atomic mass is 16.2. The summed E-state index contributed by atoms with van der Waals surface area (Å²) in [6.07, 6.45) is 4.03. The number of unbranched alkanes of at least 4 members (excludes halogenated alkanes) is 1. The van der Waals surface area contributed by atoms with Gasteiger partial charge in [-0.2, -0.15) is 0 Å². The first-order valence-electron chi connectivity index (χ1n) is 7.44. The first-order chi connectivity index (χ1) is 9.51. The standard InChI is InChI=1S/C17H26N2O/c1-17(2,3)18-13-15-8-6-7-14-9-11-19(16(14)15)10-4-5-12-20/h6-9,11,18,20H,4-5,10,12-13H2,1-3H3. The lowest BCUT2D eigenvalue weighted by atomic mass is 10.1. The van der Waals surface area contributed by atoms with Crippen molar-refractivity contribution in [3.05, 3.63) is 36.0 Å². The van der Waals surface area contributed by atoms with Gasteiger partial charge < -0.3 is 15.0 Å². The summed E-state index contributed by atoms with van der Waals surface area (Å²) in [6, 6.07) is 8.66. The molecule has 1 aromatic heterocycles. The summed E-state index contributed by atoms with van der Waals surface area (Å²) >= 11 is 0. The van der Waals surface area contributed by atoms with Crippen molar-refractivity contribution < 1.29 is 5.11 Å². The maximum absolute atomic E-state index is 8.92. The fourth-order valence-electron chi connectivity index (χ4n) is 2.42. The van der Waals surface area contributed by atoms with Gasteiger partial charge in [0.2, 0.25) is 0 Å². The molecule has 110 valence electrons. The molecule has 0 radical (unpaired) electrons. The molecule has 3 heteroatoms. The van der Waals surface area contributed by atoms with Gasteiger partial charge in [-0.25, -0.2) is 0 Å². The topological polar surface area (TPSA) is 37.2 Å². The Kier molecular flexibility index (Phi) is 4.84. The van der Waals surface area contributed by atoms with Gasteiger partial charge in [-0.1, -0.05) is 18.2 Å². The van der Waals surface area contributed by atoms with Gasteiger partial charge in [-0.15, -0.1) is 0 Å². The Labute approximate surface area is 121 Å². The zero-order chi connectivity index (χ0) is 14.6. The van der Waals surface area contributed by atoms with E-state index in [0.29, 0.717) is 0 Å². The number of hydrogen-bond donors (Lipinski definition) is 2. The minimum absolute atomic E-state index is 0.122. The molecule has 2 N–H and O–H groups in total. The average molecular weight is 274 g/mol. The lowest BCUT2D eigenvalue weighted by Gasteiger charge is -2.21. The Balaban J connectivity index is 2.22. The summed E-state index contributed by atoms with van der Waals surface area (Å²) in [7, 11) is 0. The van der Waals surface area contributed by atoms with Gasteiger partial charge in [0.15, 0.2) is 0 Å². The summed E-state index contributed by atoms with van der Waals surface area (Å²) < 4.78 is 2.31. The third-order valence-corrected chi connectivity index (χ3v) is 3.49. The Hall–Kier alpha value is -1.32. The Morgan fingerprint density at radius 1 is 1.15 bits per heavy atom. The van der Waals surface area contributed by atoms with Crippen molar-refractivity contribution in [1.82, 2.24) is 9.88 Å². The average Bonchev–Trinajstić information content (AvgIpc) is 2.80. The molecule has 0 bridgehead atoms.